The first-order chi connectivity index (χ1) is 15.7. The third-order valence-corrected chi connectivity index (χ3v) is 5.53. The van der Waals surface area contributed by atoms with Gasteiger partial charge in [-0.15, -0.1) is 0 Å². The van der Waals surface area contributed by atoms with Crippen molar-refractivity contribution in [3.63, 3.8) is 0 Å². The van der Waals surface area contributed by atoms with Crippen LogP contribution in [0, 0.1) is 0 Å². The van der Waals surface area contributed by atoms with Crippen LogP contribution in [-0.4, -0.2) is 39.5 Å². The van der Waals surface area contributed by atoms with Crippen LogP contribution in [0.4, 0.5) is 0 Å². The van der Waals surface area contributed by atoms with Crippen LogP contribution >= 0.6 is 0 Å². The zero-order chi connectivity index (χ0) is 21.9. The fourth-order valence-electron chi connectivity index (χ4n) is 3.91. The molecule has 7 nitrogen and oxygen atoms in total. The molecule has 0 unspecified atom stereocenters. The Bertz CT molecular complexity index is 1250. The molecule has 0 N–H and O–H groups in total. The van der Waals surface area contributed by atoms with Crippen LogP contribution in [0.25, 0.3) is 22.8 Å². The summed E-state index contributed by atoms with van der Waals surface area (Å²) in [6, 6.07) is 17.0. The molecule has 0 bridgehead atoms. The van der Waals surface area contributed by atoms with Gasteiger partial charge in [-0.2, -0.15) is 0 Å². The maximum absolute atomic E-state index is 11.9. The molecule has 1 aromatic carbocycles. The number of ether oxygens (including phenoxy) is 1. The normalized spacial score (nSPS) is 13.5. The number of carbonyl (C=O) groups is 1. The molecule has 3 aromatic heterocycles. The Morgan fingerprint density at radius 1 is 1.12 bits per heavy atom. The van der Waals surface area contributed by atoms with E-state index in [1.807, 2.05) is 54.7 Å². The topological polar surface area (TPSA) is 81.4 Å². The van der Waals surface area contributed by atoms with E-state index in [0.717, 1.165) is 54.3 Å². The lowest BCUT2D eigenvalue weighted by atomic mass is 10.1. The van der Waals surface area contributed by atoms with E-state index in [1.54, 1.807) is 12.3 Å². The predicted molar refractivity (Wildman–Crippen MR) is 119 cm³/mol. The number of carbonyl (C=O) groups excluding carboxylic acids is 1. The summed E-state index contributed by atoms with van der Waals surface area (Å²) in [6.45, 7) is 2.40. The van der Waals surface area contributed by atoms with Gasteiger partial charge in [0.2, 0.25) is 0 Å². The van der Waals surface area contributed by atoms with Gasteiger partial charge in [0.25, 0.3) is 0 Å². The van der Waals surface area contributed by atoms with Crippen molar-refractivity contribution in [2.24, 2.45) is 0 Å². The van der Waals surface area contributed by atoms with Crippen LogP contribution < -0.4 is 0 Å². The first-order valence-electron chi connectivity index (χ1n) is 10.5. The Labute approximate surface area is 185 Å². The quantitative estimate of drug-likeness (QED) is 0.444. The molecule has 32 heavy (non-hydrogen) atoms. The highest BCUT2D eigenvalue weighted by Crippen LogP contribution is 2.23. The third kappa shape index (κ3) is 4.15. The number of furan rings is 1. The molecule has 0 saturated carbocycles. The summed E-state index contributed by atoms with van der Waals surface area (Å²) in [7, 11) is 1.38. The second-order valence-electron chi connectivity index (χ2n) is 7.69. The van der Waals surface area contributed by atoms with Crippen molar-refractivity contribution in [3.05, 3.63) is 89.6 Å². The van der Waals surface area contributed by atoms with Crippen molar-refractivity contribution in [2.45, 2.75) is 19.5 Å². The van der Waals surface area contributed by atoms with Gasteiger partial charge >= 0.3 is 5.97 Å². The minimum atomic E-state index is -0.354. The van der Waals surface area contributed by atoms with Gasteiger partial charge in [0.15, 0.2) is 11.6 Å². The van der Waals surface area contributed by atoms with E-state index >= 15 is 0 Å². The van der Waals surface area contributed by atoms with Gasteiger partial charge in [0.1, 0.15) is 0 Å². The van der Waals surface area contributed by atoms with Crippen LogP contribution in [0.1, 0.15) is 27.3 Å². The molecule has 4 heterocycles. The van der Waals surface area contributed by atoms with E-state index in [1.165, 1.54) is 7.11 Å². The van der Waals surface area contributed by atoms with Gasteiger partial charge in [-0.05, 0) is 36.4 Å². The average Bonchev–Trinajstić information content (AvgIpc) is 3.38. The molecule has 0 fully saturated rings. The molecule has 160 valence electrons. The van der Waals surface area contributed by atoms with Gasteiger partial charge in [-0.25, -0.2) is 14.8 Å². The number of aromatic nitrogens is 3. The Balaban J connectivity index is 1.31. The molecule has 0 spiro atoms. The van der Waals surface area contributed by atoms with Gasteiger partial charge in [0.05, 0.1) is 36.0 Å². The van der Waals surface area contributed by atoms with Crippen LogP contribution in [0.2, 0.25) is 0 Å². The molecular formula is C25H22N4O3. The van der Waals surface area contributed by atoms with Crippen LogP contribution in [0.3, 0.4) is 0 Å². The number of nitrogens with zero attached hydrogens (tertiary/aromatic N) is 4. The highest BCUT2D eigenvalue weighted by Gasteiger charge is 2.20. The first kappa shape index (κ1) is 20.1. The zero-order valence-electron chi connectivity index (χ0n) is 17.7. The number of hydrogen-bond donors (Lipinski definition) is 0. The molecule has 0 radical (unpaired) electrons. The van der Waals surface area contributed by atoms with E-state index in [-0.39, 0.29) is 5.97 Å². The Morgan fingerprint density at radius 3 is 2.88 bits per heavy atom. The molecule has 0 amide bonds. The lowest BCUT2D eigenvalue weighted by Crippen LogP contribution is -2.31. The smallest absolute Gasteiger partial charge is 0.337 e. The molecule has 0 aliphatic carbocycles. The first-order valence-corrected chi connectivity index (χ1v) is 10.5. The summed E-state index contributed by atoms with van der Waals surface area (Å²) >= 11 is 0. The Kier molecular flexibility index (Phi) is 5.47. The lowest BCUT2D eigenvalue weighted by molar-refractivity contribution is 0.0601. The number of hydrogen-bond acceptors (Lipinski definition) is 7. The van der Waals surface area contributed by atoms with E-state index in [2.05, 4.69) is 9.88 Å². The monoisotopic (exact) mass is 426 g/mol. The lowest BCUT2D eigenvalue weighted by Gasteiger charge is -2.27. The third-order valence-electron chi connectivity index (χ3n) is 5.53. The fraction of sp³-hybridized carbons (Fsp3) is 0.200. The van der Waals surface area contributed by atoms with Crippen molar-refractivity contribution >= 4 is 5.97 Å². The number of benzene rings is 1. The van der Waals surface area contributed by atoms with E-state index in [9.17, 15) is 4.79 Å². The average molecular weight is 426 g/mol. The summed E-state index contributed by atoms with van der Waals surface area (Å²) in [5.41, 5.74) is 5.41. The highest BCUT2D eigenvalue weighted by atomic mass is 16.5. The number of esters is 1. The van der Waals surface area contributed by atoms with E-state index in [0.29, 0.717) is 17.1 Å². The molecule has 1 aliphatic rings. The summed E-state index contributed by atoms with van der Waals surface area (Å²) < 4.78 is 10.2. The molecule has 1 aliphatic heterocycles. The molecule has 4 aromatic rings. The summed E-state index contributed by atoms with van der Waals surface area (Å²) in [5.74, 6) is 0.964. The van der Waals surface area contributed by atoms with Crippen LogP contribution in [0.5, 0.6) is 0 Å². The number of pyridine rings is 1. The highest BCUT2D eigenvalue weighted by molar-refractivity contribution is 5.90. The maximum Gasteiger partial charge on any atom is 0.337 e. The fourth-order valence-corrected chi connectivity index (χ4v) is 3.91. The van der Waals surface area contributed by atoms with Crippen molar-refractivity contribution in [3.8, 4) is 22.8 Å². The van der Waals surface area contributed by atoms with Gasteiger partial charge in [-0.1, -0.05) is 18.2 Å². The Hall–Kier alpha value is -3.84. The number of fused-ring (bicyclic) bond motifs is 1. The largest absolute Gasteiger partial charge is 0.465 e. The van der Waals surface area contributed by atoms with Crippen LogP contribution in [-0.2, 0) is 24.2 Å². The Morgan fingerprint density at radius 2 is 2.03 bits per heavy atom. The van der Waals surface area contributed by atoms with Gasteiger partial charge in [-0.3, -0.25) is 9.88 Å². The molecule has 0 atom stereocenters. The molecule has 5 rings (SSSR count). The minimum Gasteiger partial charge on any atom is -0.465 e. The predicted octanol–water partition coefficient (Wildman–Crippen LogP) is 4.14. The summed E-state index contributed by atoms with van der Waals surface area (Å²) in [4.78, 5) is 28.2. The number of rotatable bonds is 5. The van der Waals surface area contributed by atoms with Gasteiger partial charge < -0.3 is 9.15 Å². The maximum atomic E-state index is 11.9. The van der Waals surface area contributed by atoms with E-state index in [4.69, 9.17) is 19.1 Å². The molecule has 0 saturated heterocycles. The van der Waals surface area contributed by atoms with Crippen molar-refractivity contribution in [1.82, 2.24) is 19.9 Å². The van der Waals surface area contributed by atoms with E-state index < -0.39 is 0 Å². The van der Waals surface area contributed by atoms with Crippen LogP contribution in [0.15, 0.2) is 71.5 Å². The number of methoxy groups -OCH3 is 1. The van der Waals surface area contributed by atoms with Crippen molar-refractivity contribution in [1.29, 1.82) is 0 Å². The molecule has 7 heteroatoms. The summed E-state index contributed by atoms with van der Waals surface area (Å²) in [6.07, 6.45) is 4.38. The SMILES string of the molecule is COC(=O)c1cccc(-c2cccc(CN3CCc4nc(-c5ccco5)ncc4C3)n2)c1. The summed E-state index contributed by atoms with van der Waals surface area (Å²) in [5, 5.41) is 0. The molecular weight excluding hydrogens is 404 g/mol. The second kappa shape index (κ2) is 8.72. The standard InChI is InChI=1S/C25H22N4O3/c1-31-25(30)18-6-2-5-17(13-18)21-8-3-7-20(27-21)16-29-11-10-22-19(15-29)14-26-24(28-22)23-9-4-12-32-23/h2-9,12-14H,10-11,15-16H2,1H3. The van der Waals surface area contributed by atoms with Crippen molar-refractivity contribution in [2.75, 3.05) is 13.7 Å². The second-order valence-corrected chi connectivity index (χ2v) is 7.69. The zero-order valence-corrected chi connectivity index (χ0v) is 17.7. The van der Waals surface area contributed by atoms with Gasteiger partial charge in [0, 0.05) is 43.4 Å². The van der Waals surface area contributed by atoms with Crippen molar-refractivity contribution < 1.29 is 13.9 Å². The minimum absolute atomic E-state index is 0.354.